The van der Waals surface area contributed by atoms with Gasteiger partial charge in [0.15, 0.2) is 0 Å². The summed E-state index contributed by atoms with van der Waals surface area (Å²) < 4.78 is 0. The van der Waals surface area contributed by atoms with Crippen molar-refractivity contribution < 1.29 is 9.90 Å². The van der Waals surface area contributed by atoms with Crippen LogP contribution in [0.5, 0.6) is 0 Å². The lowest BCUT2D eigenvalue weighted by Crippen LogP contribution is -2.18. The number of rotatable bonds is 6. The molecular weight excluding hydrogens is 564 g/mol. The summed E-state index contributed by atoms with van der Waals surface area (Å²) in [5, 5.41) is 9.15. The zero-order valence-corrected chi connectivity index (χ0v) is 26.4. The zero-order valence-electron chi connectivity index (χ0n) is 26.4. The van der Waals surface area contributed by atoms with E-state index in [-0.39, 0.29) is 16.5 Å². The quantitative estimate of drug-likeness (QED) is 0.120. The van der Waals surface area contributed by atoms with Crippen LogP contribution in [0, 0.1) is 6.57 Å². The molecule has 4 nitrogen and oxygen atoms in total. The second-order valence-electron chi connectivity index (χ2n) is 13.1. The number of anilines is 3. The normalized spacial score (nSPS) is 15.1. The van der Waals surface area contributed by atoms with Gasteiger partial charge in [0, 0.05) is 27.9 Å². The number of allylic oxidation sites excluding steroid dienone is 2. The van der Waals surface area contributed by atoms with Gasteiger partial charge in [-0.15, -0.1) is 0 Å². The van der Waals surface area contributed by atoms with E-state index in [4.69, 9.17) is 11.7 Å². The van der Waals surface area contributed by atoms with Gasteiger partial charge in [-0.3, -0.25) is 4.79 Å². The van der Waals surface area contributed by atoms with Crippen LogP contribution in [-0.2, 0) is 15.6 Å². The fourth-order valence-electron chi connectivity index (χ4n) is 7.25. The van der Waals surface area contributed by atoms with E-state index in [9.17, 15) is 4.79 Å². The van der Waals surface area contributed by atoms with Crippen LogP contribution in [0.3, 0.4) is 0 Å². The lowest BCUT2D eigenvalue weighted by atomic mass is 9.82. The fourth-order valence-corrected chi connectivity index (χ4v) is 7.25. The van der Waals surface area contributed by atoms with Gasteiger partial charge in [0.05, 0.1) is 6.57 Å². The number of nitrogens with zero attached hydrogens (tertiary/aromatic N) is 2. The van der Waals surface area contributed by atoms with E-state index in [0.717, 1.165) is 22.6 Å². The minimum absolute atomic E-state index is 0.127. The summed E-state index contributed by atoms with van der Waals surface area (Å²) in [6.45, 7) is 16.3. The summed E-state index contributed by atoms with van der Waals surface area (Å²) in [4.78, 5) is 16.6. The average molecular weight is 599 g/mol. The minimum Gasteiger partial charge on any atom is -0.486 e. The van der Waals surface area contributed by atoms with Crippen molar-refractivity contribution in [3.63, 3.8) is 0 Å². The van der Waals surface area contributed by atoms with Crippen molar-refractivity contribution in [2.24, 2.45) is 0 Å². The maximum Gasteiger partial charge on any atom is 0.333 e. The second-order valence-corrected chi connectivity index (χ2v) is 13.1. The van der Waals surface area contributed by atoms with Gasteiger partial charge in [-0.25, -0.2) is 4.85 Å². The van der Waals surface area contributed by atoms with E-state index >= 15 is 0 Å². The van der Waals surface area contributed by atoms with Crippen molar-refractivity contribution in [2.45, 2.75) is 38.5 Å². The largest absolute Gasteiger partial charge is 0.486 e. The summed E-state index contributed by atoms with van der Waals surface area (Å²) in [5.74, 6) is -1.23. The SMILES string of the molecule is [C-]#[N+]/C(=C\C=C\c1ccc(N(c2ccc3c(c2)C(C)(C)c2ccccc2-3)c2ccc3c(c2)C(C)(C)c2ccccc2-3)cc1)C(=O)O. The Hall–Kier alpha value is -5.66. The van der Waals surface area contributed by atoms with E-state index in [2.05, 4.69) is 135 Å². The summed E-state index contributed by atoms with van der Waals surface area (Å²) in [7, 11) is 0. The smallest absolute Gasteiger partial charge is 0.333 e. The molecule has 0 amide bonds. The molecule has 4 heteroatoms. The first kappa shape index (κ1) is 29.1. The average Bonchev–Trinajstić information content (AvgIpc) is 3.43. The second kappa shape index (κ2) is 10.8. The number of carbonyl (C=O) groups is 1. The Morgan fingerprint density at radius 2 is 1.11 bits per heavy atom. The lowest BCUT2D eigenvalue weighted by Gasteiger charge is -2.29. The molecule has 0 aliphatic heterocycles. The third-order valence-electron chi connectivity index (χ3n) is 9.68. The van der Waals surface area contributed by atoms with E-state index in [1.807, 2.05) is 18.2 Å². The molecule has 0 radical (unpaired) electrons. The first-order chi connectivity index (χ1) is 22.1. The monoisotopic (exact) mass is 598 g/mol. The van der Waals surface area contributed by atoms with Crippen LogP contribution in [0.2, 0.25) is 0 Å². The maximum atomic E-state index is 11.2. The standard InChI is InChI=1S/C42H34N2O2/c1-41(2)35-14-8-6-12-31(35)33-23-21-29(25-37(33)41)44(28-19-17-27(18-20-28)11-10-16-39(43-5)40(45)46)30-22-24-34-32-13-7-9-15-36(32)42(3,4)38(34)26-30/h6-26H,1-4H3,(H,45,46)/b11-10+,39-16-. The molecule has 5 aromatic carbocycles. The fraction of sp³-hybridized carbons (Fsp3) is 0.143. The number of carboxylic acid groups (broad SMARTS) is 1. The molecule has 0 fully saturated rings. The Kier molecular flexibility index (Phi) is 6.80. The van der Waals surface area contributed by atoms with Gasteiger partial charge in [0.2, 0.25) is 0 Å². The van der Waals surface area contributed by atoms with Crippen LogP contribution in [0.25, 0.3) is 33.2 Å². The molecule has 46 heavy (non-hydrogen) atoms. The van der Waals surface area contributed by atoms with Crippen molar-refractivity contribution in [3.8, 4) is 22.3 Å². The van der Waals surface area contributed by atoms with Crippen LogP contribution >= 0.6 is 0 Å². The molecular formula is C42H34N2O2. The van der Waals surface area contributed by atoms with Crippen LogP contribution in [-0.4, -0.2) is 11.1 Å². The van der Waals surface area contributed by atoms with Gasteiger partial charge in [-0.1, -0.05) is 113 Å². The predicted molar refractivity (Wildman–Crippen MR) is 188 cm³/mol. The van der Waals surface area contributed by atoms with Crippen molar-refractivity contribution in [3.05, 3.63) is 166 Å². The Labute approximate surface area is 270 Å². The van der Waals surface area contributed by atoms with Crippen molar-refractivity contribution >= 4 is 29.1 Å². The molecule has 0 bridgehead atoms. The summed E-state index contributed by atoms with van der Waals surface area (Å²) in [6.07, 6.45) is 4.74. The third-order valence-corrected chi connectivity index (χ3v) is 9.68. The molecule has 1 N–H and O–H groups in total. The van der Waals surface area contributed by atoms with E-state index in [1.54, 1.807) is 6.08 Å². The van der Waals surface area contributed by atoms with Crippen LogP contribution < -0.4 is 4.90 Å². The van der Waals surface area contributed by atoms with Crippen molar-refractivity contribution in [1.82, 2.24) is 0 Å². The summed E-state index contributed by atoms with van der Waals surface area (Å²) in [6, 6.07) is 39.3. The highest BCUT2D eigenvalue weighted by molar-refractivity contribution is 5.90. The van der Waals surface area contributed by atoms with E-state index in [0.29, 0.717) is 0 Å². The summed E-state index contributed by atoms with van der Waals surface area (Å²) in [5.41, 5.74) is 14.0. The highest BCUT2D eigenvalue weighted by atomic mass is 16.4. The maximum absolute atomic E-state index is 11.2. The molecule has 7 rings (SSSR count). The molecule has 0 saturated carbocycles. The van der Waals surface area contributed by atoms with Crippen molar-refractivity contribution in [2.75, 3.05) is 4.90 Å². The van der Waals surface area contributed by atoms with Gasteiger partial charge in [0.25, 0.3) is 5.70 Å². The Bertz CT molecular complexity index is 2030. The Morgan fingerprint density at radius 1 is 0.652 bits per heavy atom. The number of hydrogen-bond donors (Lipinski definition) is 1. The van der Waals surface area contributed by atoms with Gasteiger partial charge in [-0.05, 0) is 92.5 Å². The topological polar surface area (TPSA) is 44.9 Å². The molecule has 2 aliphatic carbocycles. The number of carboxylic acids is 1. The van der Waals surface area contributed by atoms with Crippen LogP contribution in [0.1, 0.15) is 55.5 Å². The van der Waals surface area contributed by atoms with Gasteiger partial charge < -0.3 is 10.0 Å². The third kappa shape index (κ3) is 4.55. The number of fused-ring (bicyclic) bond motifs is 6. The first-order valence-electron chi connectivity index (χ1n) is 15.5. The number of aliphatic carboxylic acids is 1. The molecule has 2 aliphatic rings. The molecule has 0 aromatic heterocycles. The van der Waals surface area contributed by atoms with E-state index in [1.165, 1.54) is 50.6 Å². The van der Waals surface area contributed by atoms with Gasteiger partial charge in [0.1, 0.15) is 0 Å². The van der Waals surface area contributed by atoms with Gasteiger partial charge in [-0.2, -0.15) is 0 Å². The lowest BCUT2D eigenvalue weighted by molar-refractivity contribution is -0.132. The van der Waals surface area contributed by atoms with Crippen LogP contribution in [0.15, 0.2) is 127 Å². The Balaban J connectivity index is 1.35. The van der Waals surface area contributed by atoms with Crippen molar-refractivity contribution in [1.29, 1.82) is 0 Å². The first-order valence-corrected chi connectivity index (χ1v) is 15.5. The van der Waals surface area contributed by atoms with E-state index < -0.39 is 5.97 Å². The highest BCUT2D eigenvalue weighted by Gasteiger charge is 2.37. The Morgan fingerprint density at radius 3 is 1.59 bits per heavy atom. The molecule has 0 saturated heterocycles. The predicted octanol–water partition coefficient (Wildman–Crippen LogP) is 10.7. The van der Waals surface area contributed by atoms with Gasteiger partial charge >= 0.3 is 5.97 Å². The molecule has 5 aromatic rings. The molecule has 224 valence electrons. The molecule has 0 spiro atoms. The molecule has 0 heterocycles. The zero-order chi connectivity index (χ0) is 32.2. The number of hydrogen-bond acceptors (Lipinski definition) is 2. The highest BCUT2D eigenvalue weighted by Crippen LogP contribution is 2.52. The number of benzene rings is 5. The minimum atomic E-state index is -1.23. The van der Waals surface area contributed by atoms with Crippen LogP contribution in [0.4, 0.5) is 17.1 Å². The molecule has 0 unspecified atom stereocenters. The summed E-state index contributed by atoms with van der Waals surface area (Å²) >= 11 is 0. The molecule has 0 atom stereocenters.